The normalized spacial score (nSPS) is 32.9. The van der Waals surface area contributed by atoms with Gasteiger partial charge in [0.2, 0.25) is 15.9 Å². The molecule has 0 unspecified atom stereocenters. The lowest BCUT2D eigenvalue weighted by atomic mass is 9.81. The Hall–Kier alpha value is -1.15. The molecule has 7 nitrogen and oxygen atoms in total. The molecule has 2 aliphatic heterocycles. The van der Waals surface area contributed by atoms with Gasteiger partial charge in [-0.15, -0.1) is 0 Å². The molecule has 1 saturated carbocycles. The molecule has 3 fully saturated rings. The van der Waals surface area contributed by atoms with Crippen molar-refractivity contribution >= 4 is 21.9 Å². The van der Waals surface area contributed by atoms with Gasteiger partial charge in [0.05, 0.1) is 11.7 Å². The number of piperidine rings is 1. The number of sulfonamides is 1. The number of fused-ring (bicyclic) bond motifs is 1. The van der Waals surface area contributed by atoms with E-state index < -0.39 is 21.4 Å². The minimum atomic E-state index is -3.20. The third-order valence-corrected chi connectivity index (χ3v) is 7.18. The Balaban J connectivity index is 1.64. The molecule has 0 aromatic carbocycles. The molecule has 3 aliphatic rings. The molecule has 2 atom stereocenters. The van der Waals surface area contributed by atoms with Crippen molar-refractivity contribution in [2.24, 2.45) is 17.3 Å². The molecule has 0 aromatic heterocycles. The van der Waals surface area contributed by atoms with E-state index in [0.717, 1.165) is 12.8 Å². The van der Waals surface area contributed by atoms with Gasteiger partial charge < -0.3 is 10.0 Å². The smallest absolute Gasteiger partial charge is 0.311 e. The fourth-order valence-corrected chi connectivity index (χ4v) is 5.37. The van der Waals surface area contributed by atoms with Crippen LogP contribution >= 0.6 is 0 Å². The number of hydrogen-bond donors (Lipinski definition) is 1. The molecular formula is C15H24N2O5S. The van der Waals surface area contributed by atoms with Crippen LogP contribution in [0.1, 0.15) is 32.1 Å². The highest BCUT2D eigenvalue weighted by Crippen LogP contribution is 2.49. The van der Waals surface area contributed by atoms with E-state index in [1.807, 2.05) is 0 Å². The lowest BCUT2D eigenvalue weighted by Gasteiger charge is -2.32. The number of carbonyl (C=O) groups is 2. The number of carboxylic acid groups (broad SMARTS) is 1. The molecule has 2 saturated heterocycles. The Morgan fingerprint density at radius 3 is 2.35 bits per heavy atom. The molecule has 0 radical (unpaired) electrons. The Kier molecular flexibility index (Phi) is 4.16. The van der Waals surface area contributed by atoms with Crippen LogP contribution in [0.2, 0.25) is 0 Å². The highest BCUT2D eigenvalue weighted by atomic mass is 32.2. The van der Waals surface area contributed by atoms with Crippen molar-refractivity contribution in [2.75, 3.05) is 32.4 Å². The lowest BCUT2D eigenvalue weighted by molar-refractivity contribution is -0.149. The quantitative estimate of drug-likeness (QED) is 0.798. The molecule has 130 valence electrons. The first-order chi connectivity index (χ1) is 10.7. The summed E-state index contributed by atoms with van der Waals surface area (Å²) in [5, 5.41) is 9.60. The number of aliphatic carboxylic acids is 1. The van der Waals surface area contributed by atoms with Gasteiger partial charge in [0.1, 0.15) is 0 Å². The summed E-state index contributed by atoms with van der Waals surface area (Å²) in [6, 6.07) is 0. The highest BCUT2D eigenvalue weighted by Gasteiger charge is 2.56. The predicted octanol–water partition coefficient (Wildman–Crippen LogP) is 0.371. The maximum Gasteiger partial charge on any atom is 0.311 e. The van der Waals surface area contributed by atoms with E-state index >= 15 is 0 Å². The maximum atomic E-state index is 12.7. The zero-order chi connectivity index (χ0) is 16.8. The molecule has 1 aliphatic carbocycles. The van der Waals surface area contributed by atoms with Crippen molar-refractivity contribution in [1.29, 1.82) is 0 Å². The van der Waals surface area contributed by atoms with Crippen LogP contribution < -0.4 is 0 Å². The van der Waals surface area contributed by atoms with Gasteiger partial charge in [-0.3, -0.25) is 9.59 Å². The summed E-state index contributed by atoms with van der Waals surface area (Å²) in [4.78, 5) is 26.1. The average molecular weight is 344 g/mol. The Labute approximate surface area is 136 Å². The molecule has 3 rings (SSSR count). The fraction of sp³-hybridized carbons (Fsp3) is 0.867. The van der Waals surface area contributed by atoms with Crippen LogP contribution in [0.4, 0.5) is 0 Å². The Morgan fingerprint density at radius 2 is 1.83 bits per heavy atom. The summed E-state index contributed by atoms with van der Waals surface area (Å²) >= 11 is 0. The third-order valence-electron chi connectivity index (χ3n) is 5.88. The second-order valence-corrected chi connectivity index (χ2v) is 9.19. The van der Waals surface area contributed by atoms with Crippen LogP contribution in [-0.4, -0.2) is 67.0 Å². The molecule has 2 heterocycles. The number of hydrogen-bond acceptors (Lipinski definition) is 4. The topological polar surface area (TPSA) is 95.0 Å². The van der Waals surface area contributed by atoms with E-state index in [2.05, 4.69) is 0 Å². The SMILES string of the molecule is CS(=O)(=O)N1CCC(C(=O)N2C[C@@H]3CCC[C@@]3(C(=O)O)C2)CC1. The molecule has 0 aromatic rings. The van der Waals surface area contributed by atoms with Gasteiger partial charge in [0.25, 0.3) is 0 Å². The van der Waals surface area contributed by atoms with Crippen LogP contribution in [0.25, 0.3) is 0 Å². The van der Waals surface area contributed by atoms with E-state index in [-0.39, 0.29) is 17.7 Å². The van der Waals surface area contributed by atoms with Crippen molar-refractivity contribution in [2.45, 2.75) is 32.1 Å². The number of amides is 1. The maximum absolute atomic E-state index is 12.7. The summed E-state index contributed by atoms with van der Waals surface area (Å²) in [5.74, 6) is -0.881. The van der Waals surface area contributed by atoms with E-state index in [0.29, 0.717) is 45.4 Å². The van der Waals surface area contributed by atoms with Crippen LogP contribution in [0.5, 0.6) is 0 Å². The summed E-state index contributed by atoms with van der Waals surface area (Å²) in [6.45, 7) is 1.60. The van der Waals surface area contributed by atoms with Gasteiger partial charge >= 0.3 is 5.97 Å². The van der Waals surface area contributed by atoms with Crippen molar-refractivity contribution in [3.05, 3.63) is 0 Å². The predicted molar refractivity (Wildman–Crippen MR) is 83.1 cm³/mol. The van der Waals surface area contributed by atoms with E-state index in [4.69, 9.17) is 0 Å². The van der Waals surface area contributed by atoms with Crippen molar-refractivity contribution in [1.82, 2.24) is 9.21 Å². The number of nitrogens with zero attached hydrogens (tertiary/aromatic N) is 2. The Morgan fingerprint density at radius 1 is 1.17 bits per heavy atom. The summed E-state index contributed by atoms with van der Waals surface area (Å²) in [7, 11) is -3.20. The second kappa shape index (κ2) is 5.73. The Bertz CT molecular complexity index is 611. The van der Waals surface area contributed by atoms with E-state index in [1.165, 1.54) is 10.6 Å². The molecule has 0 bridgehead atoms. The van der Waals surface area contributed by atoms with Gasteiger partial charge in [-0.25, -0.2) is 12.7 Å². The van der Waals surface area contributed by atoms with Crippen molar-refractivity contribution in [3.8, 4) is 0 Å². The summed E-state index contributed by atoms with van der Waals surface area (Å²) in [5.41, 5.74) is -0.747. The molecule has 8 heteroatoms. The standard InChI is InChI=1S/C15H24N2O5S/c1-23(21,22)17-7-4-11(5-8-17)13(18)16-9-12-3-2-6-15(12,10-16)14(19)20/h11-12H,2-10H2,1H3,(H,19,20)/t12-,15+/m0/s1. The van der Waals surface area contributed by atoms with Gasteiger partial charge in [-0.05, 0) is 31.6 Å². The number of carbonyl (C=O) groups excluding carboxylic acids is 1. The fourth-order valence-electron chi connectivity index (χ4n) is 4.50. The monoisotopic (exact) mass is 344 g/mol. The molecular weight excluding hydrogens is 320 g/mol. The van der Waals surface area contributed by atoms with Gasteiger partial charge in [-0.2, -0.15) is 0 Å². The summed E-state index contributed by atoms with van der Waals surface area (Å²) < 4.78 is 24.5. The largest absolute Gasteiger partial charge is 0.481 e. The first kappa shape index (κ1) is 16.7. The van der Waals surface area contributed by atoms with Crippen molar-refractivity contribution < 1.29 is 23.1 Å². The van der Waals surface area contributed by atoms with Crippen LogP contribution in [0.3, 0.4) is 0 Å². The van der Waals surface area contributed by atoms with Crippen LogP contribution in [0.15, 0.2) is 0 Å². The molecule has 0 spiro atoms. The average Bonchev–Trinajstić information content (AvgIpc) is 3.03. The van der Waals surface area contributed by atoms with Crippen LogP contribution in [-0.2, 0) is 19.6 Å². The number of likely N-dealkylation sites (tertiary alicyclic amines) is 1. The van der Waals surface area contributed by atoms with E-state index in [9.17, 15) is 23.1 Å². The summed E-state index contributed by atoms with van der Waals surface area (Å²) in [6.07, 6.45) is 4.69. The first-order valence-electron chi connectivity index (χ1n) is 8.21. The first-order valence-corrected chi connectivity index (χ1v) is 10.1. The van der Waals surface area contributed by atoms with E-state index in [1.54, 1.807) is 4.90 Å². The third kappa shape index (κ3) is 2.87. The number of rotatable bonds is 3. The van der Waals surface area contributed by atoms with Gasteiger partial charge in [0, 0.05) is 32.1 Å². The number of carboxylic acids is 1. The van der Waals surface area contributed by atoms with Crippen molar-refractivity contribution in [3.63, 3.8) is 0 Å². The highest BCUT2D eigenvalue weighted by molar-refractivity contribution is 7.88. The molecule has 1 N–H and O–H groups in total. The van der Waals surface area contributed by atoms with Gasteiger partial charge in [-0.1, -0.05) is 6.42 Å². The molecule has 1 amide bonds. The van der Waals surface area contributed by atoms with Crippen LogP contribution in [0, 0.1) is 17.3 Å². The second-order valence-electron chi connectivity index (χ2n) is 7.21. The zero-order valence-electron chi connectivity index (χ0n) is 13.4. The molecule has 23 heavy (non-hydrogen) atoms. The lowest BCUT2D eigenvalue weighted by Crippen LogP contribution is -2.44. The minimum Gasteiger partial charge on any atom is -0.481 e. The minimum absolute atomic E-state index is 0.00757. The zero-order valence-corrected chi connectivity index (χ0v) is 14.2. The van der Waals surface area contributed by atoms with Gasteiger partial charge in [0.15, 0.2) is 0 Å².